The third-order valence-electron chi connectivity index (χ3n) is 3.25. The van der Waals surface area contributed by atoms with Crippen molar-refractivity contribution in [2.75, 3.05) is 13.3 Å². The standard InChI is InChI=1S/C12H16FN5O4/c1-2-6(13)9(20)7(3-19)22-5-18-4-15-8-10(18)16-12(14)17-11(8)21/h1,4,6-10,19-20H,3,5H2,(H3,14,16,17,21)/t6?,7-,8?,9?,10?/m1/s1. The molecule has 22 heavy (non-hydrogen) atoms. The number of ether oxygens (including phenoxy) is 1. The van der Waals surface area contributed by atoms with Gasteiger partial charge in [0.2, 0.25) is 0 Å². The van der Waals surface area contributed by atoms with Crippen molar-refractivity contribution in [2.24, 2.45) is 15.7 Å². The molecule has 120 valence electrons. The predicted molar refractivity (Wildman–Crippen MR) is 74.2 cm³/mol. The van der Waals surface area contributed by atoms with Crippen LogP contribution < -0.4 is 11.1 Å². The first-order valence-electron chi connectivity index (χ1n) is 6.41. The largest absolute Gasteiger partial charge is 0.394 e. The molecule has 0 radical (unpaired) electrons. The first kappa shape index (κ1) is 16.2. The summed E-state index contributed by atoms with van der Waals surface area (Å²) in [5, 5.41) is 21.1. The Morgan fingerprint density at radius 2 is 2.41 bits per heavy atom. The number of aliphatic imine (C=N–C) groups is 2. The Morgan fingerprint density at radius 1 is 1.68 bits per heavy atom. The van der Waals surface area contributed by atoms with Gasteiger partial charge in [-0.15, -0.1) is 6.42 Å². The number of carbonyl (C=O) groups excluding carboxylic acids is 1. The van der Waals surface area contributed by atoms with E-state index < -0.39 is 43.1 Å². The van der Waals surface area contributed by atoms with E-state index >= 15 is 0 Å². The highest BCUT2D eigenvalue weighted by atomic mass is 19.1. The van der Waals surface area contributed by atoms with Crippen LogP contribution in [0.15, 0.2) is 9.98 Å². The summed E-state index contributed by atoms with van der Waals surface area (Å²) in [5.74, 6) is 1.28. The lowest BCUT2D eigenvalue weighted by Crippen LogP contribution is -2.54. The lowest BCUT2D eigenvalue weighted by Gasteiger charge is -2.29. The highest BCUT2D eigenvalue weighted by Gasteiger charge is 2.40. The number of aliphatic hydroxyl groups is 2. The van der Waals surface area contributed by atoms with Crippen molar-refractivity contribution in [2.45, 2.75) is 30.6 Å². The van der Waals surface area contributed by atoms with E-state index in [1.165, 1.54) is 11.2 Å². The number of hydrogen-bond acceptors (Lipinski definition) is 8. The third kappa shape index (κ3) is 3.16. The van der Waals surface area contributed by atoms with Gasteiger partial charge in [-0.3, -0.25) is 15.1 Å². The number of alkyl halides is 1. The zero-order valence-corrected chi connectivity index (χ0v) is 11.5. The summed E-state index contributed by atoms with van der Waals surface area (Å²) in [6.07, 6.45) is 0.666. The van der Waals surface area contributed by atoms with Crippen LogP contribution >= 0.6 is 0 Å². The minimum absolute atomic E-state index is 0.0448. The van der Waals surface area contributed by atoms with E-state index in [2.05, 4.69) is 15.3 Å². The van der Waals surface area contributed by atoms with E-state index in [1.54, 1.807) is 5.92 Å². The second kappa shape index (κ2) is 6.69. The second-order valence-corrected chi connectivity index (χ2v) is 4.72. The Kier molecular flexibility index (Phi) is 4.92. The molecule has 0 fully saturated rings. The predicted octanol–water partition coefficient (Wildman–Crippen LogP) is -2.86. The second-order valence-electron chi connectivity index (χ2n) is 4.72. The summed E-state index contributed by atoms with van der Waals surface area (Å²) in [7, 11) is 0. The highest BCUT2D eigenvalue weighted by Crippen LogP contribution is 2.18. The number of amides is 1. The molecular weight excluding hydrogens is 297 g/mol. The maximum atomic E-state index is 13.2. The first-order chi connectivity index (χ1) is 10.5. The van der Waals surface area contributed by atoms with E-state index in [0.29, 0.717) is 0 Å². The zero-order valence-electron chi connectivity index (χ0n) is 11.5. The van der Waals surface area contributed by atoms with Crippen molar-refractivity contribution in [3.05, 3.63) is 0 Å². The van der Waals surface area contributed by atoms with Gasteiger partial charge in [0.15, 0.2) is 24.3 Å². The monoisotopic (exact) mass is 313 g/mol. The molecule has 2 heterocycles. The smallest absolute Gasteiger partial charge is 0.255 e. The quantitative estimate of drug-likeness (QED) is 0.390. The molecule has 10 heteroatoms. The summed E-state index contributed by atoms with van der Waals surface area (Å²) in [5.41, 5.74) is 5.47. The van der Waals surface area contributed by atoms with E-state index in [9.17, 15) is 14.3 Å². The van der Waals surface area contributed by atoms with Crippen LogP contribution in [0.3, 0.4) is 0 Å². The van der Waals surface area contributed by atoms with Crippen LogP contribution in [0.5, 0.6) is 0 Å². The maximum Gasteiger partial charge on any atom is 0.255 e. The highest BCUT2D eigenvalue weighted by molar-refractivity contribution is 6.02. The Balaban J connectivity index is 1.97. The number of rotatable bonds is 6. The van der Waals surface area contributed by atoms with Crippen LogP contribution in [-0.4, -0.2) is 77.2 Å². The summed E-state index contributed by atoms with van der Waals surface area (Å²) < 4.78 is 18.5. The number of guanidine groups is 1. The fourth-order valence-electron chi connectivity index (χ4n) is 2.04. The Labute approximate surface area is 125 Å². The number of terminal acetylenes is 1. The van der Waals surface area contributed by atoms with Gasteiger partial charge >= 0.3 is 0 Å². The molecule has 2 rings (SSSR count). The van der Waals surface area contributed by atoms with Gasteiger partial charge in [-0.25, -0.2) is 9.38 Å². The van der Waals surface area contributed by atoms with Gasteiger partial charge < -0.3 is 25.6 Å². The van der Waals surface area contributed by atoms with Gasteiger partial charge in [0.1, 0.15) is 18.9 Å². The van der Waals surface area contributed by atoms with Gasteiger partial charge in [-0.2, -0.15) is 0 Å². The van der Waals surface area contributed by atoms with Crippen molar-refractivity contribution < 1.29 is 24.1 Å². The van der Waals surface area contributed by atoms with Crippen LogP contribution in [-0.2, 0) is 9.53 Å². The number of nitrogens with one attached hydrogen (secondary N) is 1. The molecule has 0 bridgehead atoms. The van der Waals surface area contributed by atoms with Crippen LogP contribution in [0.1, 0.15) is 0 Å². The SMILES string of the molecule is C#CC(F)C(O)[C@@H](CO)OCN1C=NC2C(=O)NC(N)=NC21. The van der Waals surface area contributed by atoms with E-state index in [0.717, 1.165) is 0 Å². The molecule has 0 aromatic rings. The summed E-state index contributed by atoms with van der Waals surface area (Å²) in [6.45, 7) is -0.817. The Hall–Kier alpha value is -2.22. The molecule has 0 saturated heterocycles. The molecule has 0 aliphatic carbocycles. The first-order valence-corrected chi connectivity index (χ1v) is 6.41. The number of nitrogens with zero attached hydrogens (tertiary/aromatic N) is 3. The number of nitrogens with two attached hydrogens (primary N) is 1. The summed E-state index contributed by atoms with van der Waals surface area (Å²) in [6, 6.07) is -0.756. The molecule has 2 aliphatic rings. The molecule has 0 aromatic carbocycles. The summed E-state index contributed by atoms with van der Waals surface area (Å²) >= 11 is 0. The number of aliphatic hydroxyl groups excluding tert-OH is 2. The molecule has 9 nitrogen and oxygen atoms in total. The number of carbonyl (C=O) groups is 1. The molecular formula is C12H16FN5O4. The van der Waals surface area contributed by atoms with Crippen molar-refractivity contribution >= 4 is 18.2 Å². The van der Waals surface area contributed by atoms with Gasteiger partial charge in [0, 0.05) is 0 Å². The van der Waals surface area contributed by atoms with Gasteiger partial charge in [0.05, 0.1) is 12.9 Å². The Bertz CT molecular complexity index is 534. The van der Waals surface area contributed by atoms with E-state index in [4.69, 9.17) is 22.0 Å². The average molecular weight is 313 g/mol. The average Bonchev–Trinajstić information content (AvgIpc) is 2.90. The van der Waals surface area contributed by atoms with Crippen LogP contribution in [0, 0.1) is 12.3 Å². The van der Waals surface area contributed by atoms with E-state index in [-0.39, 0.29) is 12.7 Å². The van der Waals surface area contributed by atoms with Crippen molar-refractivity contribution in [1.29, 1.82) is 0 Å². The van der Waals surface area contributed by atoms with Gasteiger partial charge in [-0.1, -0.05) is 5.92 Å². The third-order valence-corrected chi connectivity index (χ3v) is 3.25. The van der Waals surface area contributed by atoms with Crippen LogP contribution in [0.2, 0.25) is 0 Å². The molecule has 1 amide bonds. The van der Waals surface area contributed by atoms with Crippen LogP contribution in [0.4, 0.5) is 4.39 Å². The van der Waals surface area contributed by atoms with Crippen LogP contribution in [0.25, 0.3) is 0 Å². The molecule has 5 N–H and O–H groups in total. The number of halogens is 1. The van der Waals surface area contributed by atoms with Gasteiger partial charge in [-0.05, 0) is 0 Å². The number of hydrogen-bond donors (Lipinski definition) is 4. The normalized spacial score (nSPS) is 27.5. The fraction of sp³-hybridized carbons (Fsp3) is 0.583. The lowest BCUT2D eigenvalue weighted by molar-refractivity contribution is -0.124. The zero-order chi connectivity index (χ0) is 16.3. The molecule has 0 spiro atoms. The molecule has 2 aliphatic heterocycles. The van der Waals surface area contributed by atoms with E-state index in [1.807, 2.05) is 0 Å². The molecule has 5 atom stereocenters. The molecule has 4 unspecified atom stereocenters. The molecule has 0 saturated carbocycles. The van der Waals surface area contributed by atoms with Gasteiger partial charge in [0.25, 0.3) is 5.91 Å². The topological polar surface area (TPSA) is 133 Å². The molecule has 0 aromatic heterocycles. The number of fused-ring (bicyclic) bond motifs is 1. The van der Waals surface area contributed by atoms with Crippen molar-refractivity contribution in [3.8, 4) is 12.3 Å². The lowest BCUT2D eigenvalue weighted by atomic mass is 10.1. The maximum absolute atomic E-state index is 13.2. The minimum Gasteiger partial charge on any atom is -0.394 e. The Morgan fingerprint density at radius 3 is 3.05 bits per heavy atom. The van der Waals surface area contributed by atoms with Crippen molar-refractivity contribution in [1.82, 2.24) is 10.2 Å². The summed E-state index contributed by atoms with van der Waals surface area (Å²) in [4.78, 5) is 21.1. The minimum atomic E-state index is -1.97. The van der Waals surface area contributed by atoms with Crippen molar-refractivity contribution in [3.63, 3.8) is 0 Å². The fourth-order valence-corrected chi connectivity index (χ4v) is 2.04.